The van der Waals surface area contributed by atoms with Crippen LogP contribution in [0.4, 0.5) is 0 Å². The van der Waals surface area contributed by atoms with E-state index >= 15 is 0 Å². The molecule has 0 aromatic carbocycles. The number of hydrogen-bond acceptors (Lipinski definition) is 3. The van der Waals surface area contributed by atoms with Gasteiger partial charge in [-0.15, -0.1) is 12.4 Å². The maximum atomic E-state index is 10.9. The minimum atomic E-state index is -0.938. The summed E-state index contributed by atoms with van der Waals surface area (Å²) in [4.78, 5) is 22.9. The third-order valence-electron chi connectivity index (χ3n) is 1.84. The number of hydrogen-bond donors (Lipinski definition) is 1. The molecule has 0 fully saturated rings. The maximum Gasteiger partial charge on any atom is 0.326 e. The molecule has 0 unspecified atom stereocenters. The smallest absolute Gasteiger partial charge is 0.326 e. The molecular formula is C8H18AlClNO3S2. The van der Waals surface area contributed by atoms with E-state index in [9.17, 15) is 9.59 Å². The normalized spacial score (nSPS) is 9.94. The Morgan fingerprint density at radius 1 is 1.44 bits per heavy atom. The first-order chi connectivity index (χ1) is 6.00. The van der Waals surface area contributed by atoms with Crippen LogP contribution in [0.15, 0.2) is 0 Å². The summed E-state index contributed by atoms with van der Waals surface area (Å²) in [6.45, 7) is 1.37. The second kappa shape index (κ2) is 13.5. The van der Waals surface area contributed by atoms with Crippen molar-refractivity contribution in [3.05, 3.63) is 0 Å². The lowest BCUT2D eigenvalue weighted by molar-refractivity contribution is -0.148. The van der Waals surface area contributed by atoms with E-state index in [-0.39, 0.29) is 49.2 Å². The monoisotopic (exact) mass is 302 g/mol. The van der Waals surface area contributed by atoms with Gasteiger partial charge in [0.1, 0.15) is 6.04 Å². The summed E-state index contributed by atoms with van der Waals surface area (Å²) in [5.41, 5.74) is 0. The van der Waals surface area contributed by atoms with Gasteiger partial charge >= 0.3 is 5.97 Å². The van der Waals surface area contributed by atoms with Crippen LogP contribution >= 0.6 is 37.7 Å². The van der Waals surface area contributed by atoms with Crippen molar-refractivity contribution in [2.45, 2.75) is 19.4 Å². The van der Waals surface area contributed by atoms with Crippen molar-refractivity contribution in [3.8, 4) is 0 Å². The summed E-state index contributed by atoms with van der Waals surface area (Å²) in [5.74, 6) is -0.408. The van der Waals surface area contributed by atoms with Crippen LogP contribution in [-0.2, 0) is 9.59 Å². The predicted molar refractivity (Wildman–Crippen MR) is 76.2 cm³/mol. The van der Waals surface area contributed by atoms with E-state index in [0.717, 1.165) is 5.75 Å². The number of rotatable bonds is 5. The van der Waals surface area contributed by atoms with Crippen LogP contribution in [0.2, 0.25) is 0 Å². The molecule has 16 heavy (non-hydrogen) atoms. The number of likely N-dealkylation sites (N-methyl/N-ethyl adjacent to an activating group) is 1. The molecule has 0 aliphatic carbocycles. The van der Waals surface area contributed by atoms with Gasteiger partial charge in [0.25, 0.3) is 0 Å². The molecule has 4 nitrogen and oxygen atoms in total. The Morgan fingerprint density at radius 2 is 1.88 bits per heavy atom. The van der Waals surface area contributed by atoms with Gasteiger partial charge < -0.3 is 10.0 Å². The van der Waals surface area contributed by atoms with Gasteiger partial charge in [0.2, 0.25) is 5.91 Å². The largest absolute Gasteiger partial charge is 0.480 e. The fourth-order valence-corrected chi connectivity index (χ4v) is 1.39. The van der Waals surface area contributed by atoms with Crippen molar-refractivity contribution in [1.82, 2.24) is 4.90 Å². The standard InChI is InChI=1S/C8H15NO3S.Al.ClH.H2S/c1-6(10)9(2)7(8(11)12)4-5-13-3;;;/h7H,4-5H2,1-3H3,(H,11,12);;1H;1H2/t7-;;;/m0.../s1. The van der Waals surface area contributed by atoms with Crippen LogP contribution in [0.1, 0.15) is 13.3 Å². The third-order valence-corrected chi connectivity index (χ3v) is 2.49. The van der Waals surface area contributed by atoms with Gasteiger partial charge in [-0.2, -0.15) is 25.3 Å². The zero-order valence-electron chi connectivity index (χ0n) is 9.60. The third kappa shape index (κ3) is 9.67. The van der Waals surface area contributed by atoms with Gasteiger partial charge in [0.05, 0.1) is 0 Å². The number of thioether (sulfide) groups is 1. The van der Waals surface area contributed by atoms with Gasteiger partial charge in [0.15, 0.2) is 0 Å². The van der Waals surface area contributed by atoms with E-state index in [0.29, 0.717) is 6.42 Å². The van der Waals surface area contributed by atoms with Gasteiger partial charge in [-0.05, 0) is 18.4 Å². The average Bonchev–Trinajstić information content (AvgIpc) is 2.04. The molecule has 0 rings (SSSR count). The van der Waals surface area contributed by atoms with Gasteiger partial charge in [-0.25, -0.2) is 4.79 Å². The highest BCUT2D eigenvalue weighted by atomic mass is 35.5. The maximum absolute atomic E-state index is 10.9. The Hall–Kier alpha value is 0.462. The van der Waals surface area contributed by atoms with Crippen molar-refractivity contribution in [3.63, 3.8) is 0 Å². The predicted octanol–water partition coefficient (Wildman–Crippen LogP) is 0.825. The molecule has 0 aromatic rings. The molecule has 95 valence electrons. The fourth-order valence-electron chi connectivity index (χ4n) is 0.932. The molecule has 0 saturated heterocycles. The number of halogens is 1. The molecule has 1 N–H and O–H groups in total. The summed E-state index contributed by atoms with van der Waals surface area (Å²) in [6.07, 6.45) is 2.40. The molecule has 0 aliphatic rings. The van der Waals surface area contributed by atoms with Crippen molar-refractivity contribution in [2.24, 2.45) is 0 Å². The van der Waals surface area contributed by atoms with E-state index in [4.69, 9.17) is 5.11 Å². The summed E-state index contributed by atoms with van der Waals surface area (Å²) in [7, 11) is 1.52. The molecule has 0 aromatic heterocycles. The quantitative estimate of drug-likeness (QED) is 0.764. The van der Waals surface area contributed by atoms with Crippen LogP contribution in [0.25, 0.3) is 0 Å². The topological polar surface area (TPSA) is 57.6 Å². The first kappa shape index (κ1) is 25.3. The molecule has 0 aliphatic heterocycles. The lowest BCUT2D eigenvalue weighted by Crippen LogP contribution is -2.41. The first-order valence-electron chi connectivity index (χ1n) is 3.95. The highest BCUT2D eigenvalue weighted by Gasteiger charge is 2.23. The van der Waals surface area contributed by atoms with Crippen molar-refractivity contribution in [1.29, 1.82) is 0 Å². The van der Waals surface area contributed by atoms with E-state index in [1.54, 1.807) is 11.8 Å². The van der Waals surface area contributed by atoms with E-state index in [1.807, 2.05) is 6.26 Å². The number of carbonyl (C=O) groups excluding carboxylic acids is 1. The second-order valence-electron chi connectivity index (χ2n) is 2.77. The van der Waals surface area contributed by atoms with E-state index in [1.165, 1.54) is 18.9 Å². The van der Waals surface area contributed by atoms with Crippen LogP contribution < -0.4 is 0 Å². The van der Waals surface area contributed by atoms with E-state index in [2.05, 4.69) is 0 Å². The lowest BCUT2D eigenvalue weighted by Gasteiger charge is -2.22. The molecule has 8 heteroatoms. The fraction of sp³-hybridized carbons (Fsp3) is 0.750. The van der Waals surface area contributed by atoms with Gasteiger partial charge in [-0.1, -0.05) is 0 Å². The highest BCUT2D eigenvalue weighted by molar-refractivity contribution is 7.98. The summed E-state index contributed by atoms with van der Waals surface area (Å²) in [6, 6.07) is -0.690. The second-order valence-corrected chi connectivity index (χ2v) is 3.75. The van der Waals surface area contributed by atoms with Crippen molar-refractivity contribution >= 4 is 66.9 Å². The molecule has 0 heterocycles. The van der Waals surface area contributed by atoms with Crippen molar-refractivity contribution in [2.75, 3.05) is 19.1 Å². The van der Waals surface area contributed by atoms with Gasteiger partial charge in [0, 0.05) is 31.3 Å². The Kier molecular flexibility index (Phi) is 21.4. The number of nitrogens with zero attached hydrogens (tertiary/aromatic N) is 1. The summed E-state index contributed by atoms with van der Waals surface area (Å²) >= 11 is 1.58. The Morgan fingerprint density at radius 3 is 2.12 bits per heavy atom. The molecule has 1 atom stereocenters. The zero-order valence-corrected chi connectivity index (χ0v) is 13.4. The van der Waals surface area contributed by atoms with Crippen LogP contribution in [-0.4, -0.2) is 64.3 Å². The minimum Gasteiger partial charge on any atom is -0.480 e. The van der Waals surface area contributed by atoms with Crippen LogP contribution in [0.3, 0.4) is 0 Å². The SMILES string of the molecule is CSCC[C@@H](C(=O)O)N(C)C(C)=O.Cl.S.[Al]. The van der Waals surface area contributed by atoms with Crippen LogP contribution in [0, 0.1) is 0 Å². The number of amides is 1. The molecule has 1 amide bonds. The number of carboxylic acid groups (broad SMARTS) is 1. The molecule has 0 spiro atoms. The summed E-state index contributed by atoms with van der Waals surface area (Å²) in [5, 5.41) is 8.82. The lowest BCUT2D eigenvalue weighted by atomic mass is 10.2. The average molecular weight is 303 g/mol. The molecular weight excluding hydrogens is 285 g/mol. The Balaban J connectivity index is -0.000000240. The zero-order chi connectivity index (χ0) is 10.4. The summed E-state index contributed by atoms with van der Waals surface area (Å²) < 4.78 is 0. The molecule has 0 saturated carbocycles. The minimum absolute atomic E-state index is 0. The Labute approximate surface area is 125 Å². The molecule has 0 bridgehead atoms. The van der Waals surface area contributed by atoms with Crippen LogP contribution in [0.5, 0.6) is 0 Å². The molecule has 3 radical (unpaired) electrons. The number of carbonyl (C=O) groups is 2. The van der Waals surface area contributed by atoms with Crippen molar-refractivity contribution < 1.29 is 14.7 Å². The highest BCUT2D eigenvalue weighted by Crippen LogP contribution is 2.07. The van der Waals surface area contributed by atoms with Gasteiger partial charge in [-0.3, -0.25) is 4.79 Å². The number of carboxylic acids is 1. The number of aliphatic carboxylic acids is 1. The first-order valence-corrected chi connectivity index (χ1v) is 5.35. The Bertz CT molecular complexity index is 210. The van der Waals surface area contributed by atoms with E-state index < -0.39 is 12.0 Å².